The first-order valence-corrected chi connectivity index (χ1v) is 6.40. The van der Waals surface area contributed by atoms with Gasteiger partial charge in [-0.15, -0.1) is 0 Å². The highest BCUT2D eigenvalue weighted by Gasteiger charge is 2.09. The monoisotopic (exact) mass is 247 g/mol. The van der Waals surface area contributed by atoms with Crippen molar-refractivity contribution in [2.24, 2.45) is 7.05 Å². The Kier molecular flexibility index (Phi) is 3.28. The zero-order chi connectivity index (χ0) is 12.4. The van der Waals surface area contributed by atoms with E-state index in [1.807, 2.05) is 37.4 Å². The van der Waals surface area contributed by atoms with Crippen LogP contribution in [0.3, 0.4) is 0 Å². The van der Waals surface area contributed by atoms with Crippen molar-refractivity contribution in [2.45, 2.75) is 12.1 Å². The molecule has 5 heteroatoms. The fourth-order valence-electron chi connectivity index (χ4n) is 1.52. The number of hydrogen-bond acceptors (Lipinski definition) is 4. The Morgan fingerprint density at radius 3 is 2.47 bits per heavy atom. The molecule has 1 aromatic carbocycles. The first-order valence-electron chi connectivity index (χ1n) is 5.18. The van der Waals surface area contributed by atoms with Crippen LogP contribution in [0.5, 0.6) is 0 Å². The summed E-state index contributed by atoms with van der Waals surface area (Å²) in [6, 6.07) is 7.69. The molecule has 2 rings (SSSR count). The van der Waals surface area contributed by atoms with Gasteiger partial charge in [-0.3, -0.25) is 4.79 Å². The van der Waals surface area contributed by atoms with Gasteiger partial charge in [0, 0.05) is 12.6 Å². The van der Waals surface area contributed by atoms with Crippen LogP contribution < -0.4 is 5.56 Å². The van der Waals surface area contributed by atoms with Gasteiger partial charge in [0.15, 0.2) is 10.9 Å². The lowest BCUT2D eigenvalue weighted by Gasteiger charge is -2.06. The average molecular weight is 247 g/mol. The number of aromatic nitrogens is 3. The van der Waals surface area contributed by atoms with Crippen LogP contribution in [0.1, 0.15) is 5.56 Å². The van der Waals surface area contributed by atoms with Gasteiger partial charge in [0.1, 0.15) is 0 Å². The van der Waals surface area contributed by atoms with Crippen LogP contribution in [-0.4, -0.2) is 21.0 Å². The van der Waals surface area contributed by atoms with E-state index >= 15 is 0 Å². The van der Waals surface area contributed by atoms with E-state index in [2.05, 4.69) is 10.1 Å². The maximum atomic E-state index is 11.8. The van der Waals surface area contributed by atoms with E-state index < -0.39 is 0 Å². The second-order valence-corrected chi connectivity index (χ2v) is 4.52. The Balaban J connectivity index is 2.56. The number of aryl methyl sites for hydroxylation is 2. The van der Waals surface area contributed by atoms with E-state index in [0.717, 1.165) is 11.1 Å². The molecule has 0 aliphatic heterocycles. The maximum Gasteiger partial charge on any atom is 0.300 e. The summed E-state index contributed by atoms with van der Waals surface area (Å²) in [5, 5.41) is 4.88. The molecule has 0 spiro atoms. The summed E-state index contributed by atoms with van der Waals surface area (Å²) < 4.78 is 1.63. The Hall–Kier alpha value is -1.62. The average Bonchev–Trinajstić information content (AvgIpc) is 2.33. The van der Waals surface area contributed by atoms with Gasteiger partial charge in [0.25, 0.3) is 5.56 Å². The number of hydrogen-bond donors (Lipinski definition) is 0. The van der Waals surface area contributed by atoms with Gasteiger partial charge >= 0.3 is 0 Å². The van der Waals surface area contributed by atoms with Crippen molar-refractivity contribution in [3.05, 3.63) is 40.2 Å². The van der Waals surface area contributed by atoms with Gasteiger partial charge in [-0.05, 0) is 13.2 Å². The van der Waals surface area contributed by atoms with Gasteiger partial charge in [-0.2, -0.15) is 10.1 Å². The molecule has 0 aliphatic rings. The van der Waals surface area contributed by atoms with Gasteiger partial charge in [0.2, 0.25) is 0 Å². The third kappa shape index (κ3) is 2.39. The molecule has 0 amide bonds. The molecule has 0 saturated heterocycles. The predicted octanol–water partition coefficient (Wildman–Crippen LogP) is 1.87. The van der Waals surface area contributed by atoms with E-state index in [1.165, 1.54) is 11.8 Å². The number of nitrogens with zero attached hydrogens (tertiary/aromatic N) is 3. The molecule has 0 N–H and O–H groups in total. The molecule has 0 bridgehead atoms. The maximum absolute atomic E-state index is 11.8. The van der Waals surface area contributed by atoms with Crippen molar-refractivity contribution < 1.29 is 0 Å². The molecule has 0 saturated carbocycles. The molecule has 17 heavy (non-hydrogen) atoms. The van der Waals surface area contributed by atoms with Crippen molar-refractivity contribution in [1.29, 1.82) is 0 Å². The molecular formula is C12H13N3OS. The standard InChI is InChI=1S/C12H13N3OS/c1-8-4-6-9(7-5-8)10-11(16)13-12(17-3)15(2)14-10/h4-7H,1-3H3. The van der Waals surface area contributed by atoms with Crippen molar-refractivity contribution in [1.82, 2.24) is 14.8 Å². The van der Waals surface area contributed by atoms with Crippen LogP contribution >= 0.6 is 11.8 Å². The van der Waals surface area contributed by atoms with Crippen molar-refractivity contribution in [2.75, 3.05) is 6.26 Å². The molecule has 0 fully saturated rings. The fraction of sp³-hybridized carbons (Fsp3) is 0.250. The second kappa shape index (κ2) is 4.71. The Morgan fingerprint density at radius 1 is 1.24 bits per heavy atom. The highest BCUT2D eigenvalue weighted by Crippen LogP contribution is 2.15. The minimum Gasteiger partial charge on any atom is -0.265 e. The van der Waals surface area contributed by atoms with Crippen LogP contribution in [0.25, 0.3) is 11.3 Å². The first-order chi connectivity index (χ1) is 8.11. The summed E-state index contributed by atoms with van der Waals surface area (Å²) in [5.74, 6) is 0. The molecule has 1 aromatic heterocycles. The molecular weight excluding hydrogens is 234 g/mol. The molecule has 88 valence electrons. The van der Waals surface area contributed by atoms with Gasteiger partial charge in [-0.25, -0.2) is 4.68 Å². The van der Waals surface area contributed by atoms with Crippen molar-refractivity contribution in [3.63, 3.8) is 0 Å². The van der Waals surface area contributed by atoms with Gasteiger partial charge in [0.05, 0.1) is 0 Å². The first kappa shape index (κ1) is 11.9. The molecule has 4 nitrogen and oxygen atoms in total. The third-order valence-electron chi connectivity index (χ3n) is 2.43. The van der Waals surface area contributed by atoms with Crippen molar-refractivity contribution in [3.8, 4) is 11.3 Å². The quantitative estimate of drug-likeness (QED) is 0.760. The highest BCUT2D eigenvalue weighted by molar-refractivity contribution is 7.98. The molecule has 1 heterocycles. The predicted molar refractivity (Wildman–Crippen MR) is 69.2 cm³/mol. The second-order valence-electron chi connectivity index (χ2n) is 3.74. The lowest BCUT2D eigenvalue weighted by Crippen LogP contribution is -2.18. The molecule has 0 radical (unpaired) electrons. The van der Waals surface area contributed by atoms with Gasteiger partial charge < -0.3 is 0 Å². The SMILES string of the molecule is CSc1nc(=O)c(-c2ccc(C)cc2)nn1C. The Morgan fingerprint density at radius 2 is 1.88 bits per heavy atom. The minimum absolute atomic E-state index is 0.281. The summed E-state index contributed by atoms with van der Waals surface area (Å²) in [6.45, 7) is 2.00. The van der Waals surface area contributed by atoms with E-state index in [0.29, 0.717) is 10.9 Å². The summed E-state index contributed by atoms with van der Waals surface area (Å²) in [5.41, 5.74) is 2.07. The topological polar surface area (TPSA) is 47.8 Å². The molecule has 0 atom stereocenters. The summed E-state index contributed by atoms with van der Waals surface area (Å²) in [7, 11) is 1.79. The van der Waals surface area contributed by atoms with Crippen molar-refractivity contribution >= 4 is 11.8 Å². The Bertz CT molecular complexity index is 590. The number of benzene rings is 1. The Labute approximate surface area is 104 Å². The normalized spacial score (nSPS) is 10.5. The van der Waals surface area contributed by atoms with E-state index in [-0.39, 0.29) is 5.56 Å². The van der Waals surface area contributed by atoms with Crippen LogP contribution in [-0.2, 0) is 7.05 Å². The molecule has 0 aliphatic carbocycles. The number of thioether (sulfide) groups is 1. The zero-order valence-corrected chi connectivity index (χ0v) is 10.8. The van der Waals surface area contributed by atoms with E-state index in [1.54, 1.807) is 11.7 Å². The third-order valence-corrected chi connectivity index (χ3v) is 3.15. The molecule has 2 aromatic rings. The smallest absolute Gasteiger partial charge is 0.265 e. The fourth-order valence-corrected chi connectivity index (χ4v) is 2.00. The zero-order valence-electron chi connectivity index (χ0n) is 9.97. The van der Waals surface area contributed by atoms with E-state index in [9.17, 15) is 4.79 Å². The summed E-state index contributed by atoms with van der Waals surface area (Å²) in [4.78, 5) is 15.8. The largest absolute Gasteiger partial charge is 0.300 e. The highest BCUT2D eigenvalue weighted by atomic mass is 32.2. The molecule has 0 unspecified atom stereocenters. The van der Waals surface area contributed by atoms with Crippen LogP contribution in [0.4, 0.5) is 0 Å². The van der Waals surface area contributed by atoms with Crippen LogP contribution in [0.2, 0.25) is 0 Å². The van der Waals surface area contributed by atoms with E-state index in [4.69, 9.17) is 0 Å². The lowest BCUT2D eigenvalue weighted by atomic mass is 10.1. The summed E-state index contributed by atoms with van der Waals surface area (Å²) in [6.07, 6.45) is 1.87. The van der Waals surface area contributed by atoms with Crippen LogP contribution in [0.15, 0.2) is 34.2 Å². The van der Waals surface area contributed by atoms with Gasteiger partial charge in [-0.1, -0.05) is 41.6 Å². The summed E-state index contributed by atoms with van der Waals surface area (Å²) >= 11 is 1.41. The lowest BCUT2D eigenvalue weighted by molar-refractivity contribution is 0.617. The van der Waals surface area contributed by atoms with Crippen LogP contribution in [0, 0.1) is 6.92 Å². The number of rotatable bonds is 2. The minimum atomic E-state index is -0.281.